The van der Waals surface area contributed by atoms with E-state index in [-0.39, 0.29) is 6.04 Å². The summed E-state index contributed by atoms with van der Waals surface area (Å²) in [7, 11) is -3.42. The van der Waals surface area contributed by atoms with Crippen LogP contribution in [0.1, 0.15) is 43.2 Å². The summed E-state index contributed by atoms with van der Waals surface area (Å²) in [4.78, 5) is 0.462. The van der Waals surface area contributed by atoms with Gasteiger partial charge < -0.3 is 5.73 Å². The van der Waals surface area contributed by atoms with Gasteiger partial charge in [-0.05, 0) is 68.7 Å². The lowest BCUT2D eigenvalue weighted by Gasteiger charge is -2.37. The average Bonchev–Trinajstić information content (AvgIpc) is 2.84. The minimum absolute atomic E-state index is 0.208. The van der Waals surface area contributed by atoms with E-state index in [0.717, 1.165) is 30.4 Å². The molecular formula is C16H24N2O2S. The highest BCUT2D eigenvalue weighted by molar-refractivity contribution is 7.89. The predicted octanol–water partition coefficient (Wildman–Crippen LogP) is 2.84. The zero-order chi connectivity index (χ0) is 15.2. The quantitative estimate of drug-likeness (QED) is 0.855. The molecule has 0 bridgehead atoms. The minimum Gasteiger partial charge on any atom is -0.399 e. The molecule has 0 aromatic heterocycles. The van der Waals surface area contributed by atoms with Crippen molar-refractivity contribution in [3.8, 4) is 0 Å². The molecule has 1 heterocycles. The van der Waals surface area contributed by atoms with Crippen LogP contribution in [-0.4, -0.2) is 25.3 Å². The number of nitrogens with zero attached hydrogens (tertiary/aromatic N) is 1. The Bertz CT molecular complexity index is 631. The number of fused-ring (bicyclic) bond motifs is 1. The molecule has 21 heavy (non-hydrogen) atoms. The number of hydrogen-bond acceptors (Lipinski definition) is 3. The molecule has 2 fully saturated rings. The molecule has 116 valence electrons. The van der Waals surface area contributed by atoms with Gasteiger partial charge in [0.2, 0.25) is 10.0 Å². The molecule has 1 aliphatic heterocycles. The van der Waals surface area contributed by atoms with E-state index in [4.69, 9.17) is 5.73 Å². The van der Waals surface area contributed by atoms with Crippen molar-refractivity contribution in [3.63, 3.8) is 0 Å². The smallest absolute Gasteiger partial charge is 0.243 e. The van der Waals surface area contributed by atoms with Gasteiger partial charge in [-0.2, -0.15) is 4.31 Å². The summed E-state index contributed by atoms with van der Waals surface area (Å²) >= 11 is 0. The Morgan fingerprint density at radius 2 is 1.71 bits per heavy atom. The standard InChI is InChI=1S/C16H24N2O2S/c1-11-9-14(17)10-12(2)16(11)21(19,20)18-8-4-6-13-5-3-7-15(13)18/h9-10,13,15H,3-8,17H2,1-2H3. The van der Waals surface area contributed by atoms with Gasteiger partial charge in [0.25, 0.3) is 0 Å². The number of nitrogens with two attached hydrogens (primary N) is 1. The number of benzene rings is 1. The Hall–Kier alpha value is -1.07. The number of nitrogen functional groups attached to an aromatic ring is 1. The summed E-state index contributed by atoms with van der Waals surface area (Å²) in [5, 5.41) is 0. The van der Waals surface area contributed by atoms with E-state index in [1.165, 1.54) is 12.8 Å². The number of hydrogen-bond donors (Lipinski definition) is 1. The molecule has 2 N–H and O–H groups in total. The second-order valence-electron chi connectivity index (χ2n) is 6.50. The molecular weight excluding hydrogens is 284 g/mol. The van der Waals surface area contributed by atoms with Gasteiger partial charge in [0.1, 0.15) is 0 Å². The molecule has 2 atom stereocenters. The van der Waals surface area contributed by atoms with Crippen molar-refractivity contribution in [1.29, 1.82) is 0 Å². The third-order valence-corrected chi connectivity index (χ3v) is 7.22. The fourth-order valence-corrected chi connectivity index (χ4v) is 6.38. The van der Waals surface area contributed by atoms with Crippen molar-refractivity contribution < 1.29 is 8.42 Å². The minimum atomic E-state index is -3.42. The third kappa shape index (κ3) is 2.46. The molecule has 1 aromatic rings. The van der Waals surface area contributed by atoms with E-state index in [0.29, 0.717) is 23.0 Å². The Morgan fingerprint density at radius 3 is 2.38 bits per heavy atom. The fraction of sp³-hybridized carbons (Fsp3) is 0.625. The van der Waals surface area contributed by atoms with Crippen LogP contribution in [0.15, 0.2) is 17.0 Å². The van der Waals surface area contributed by atoms with E-state index < -0.39 is 10.0 Å². The van der Waals surface area contributed by atoms with Gasteiger partial charge in [-0.1, -0.05) is 6.42 Å². The lowest BCUT2D eigenvalue weighted by Crippen LogP contribution is -2.46. The van der Waals surface area contributed by atoms with E-state index >= 15 is 0 Å². The van der Waals surface area contributed by atoms with E-state index in [2.05, 4.69) is 0 Å². The summed E-state index contributed by atoms with van der Waals surface area (Å²) in [6, 6.07) is 3.73. The largest absolute Gasteiger partial charge is 0.399 e. The first kappa shape index (κ1) is 14.9. The van der Waals surface area contributed by atoms with Crippen molar-refractivity contribution in [3.05, 3.63) is 23.3 Å². The summed E-state index contributed by atoms with van der Waals surface area (Å²) < 4.78 is 28.1. The van der Waals surface area contributed by atoms with Crippen molar-refractivity contribution in [1.82, 2.24) is 4.31 Å². The van der Waals surface area contributed by atoms with Crippen LogP contribution in [0.2, 0.25) is 0 Å². The molecule has 3 rings (SSSR count). The first-order valence-corrected chi connectivity index (χ1v) is 9.24. The normalized spacial score (nSPS) is 26.8. The van der Waals surface area contributed by atoms with Crippen LogP contribution in [0.4, 0.5) is 5.69 Å². The number of anilines is 1. The molecule has 1 aliphatic carbocycles. The molecule has 1 aromatic carbocycles. The van der Waals surface area contributed by atoms with E-state index in [1.54, 1.807) is 16.4 Å². The van der Waals surface area contributed by atoms with Crippen molar-refractivity contribution >= 4 is 15.7 Å². The number of aryl methyl sites for hydroxylation is 2. The Labute approximate surface area is 127 Å². The van der Waals surface area contributed by atoms with Gasteiger partial charge in [0.15, 0.2) is 0 Å². The first-order chi connectivity index (χ1) is 9.91. The Kier molecular flexibility index (Phi) is 3.74. The number of rotatable bonds is 2. The first-order valence-electron chi connectivity index (χ1n) is 7.80. The lowest BCUT2D eigenvalue weighted by atomic mass is 9.94. The number of piperidine rings is 1. The van der Waals surface area contributed by atoms with Crippen LogP contribution < -0.4 is 5.73 Å². The zero-order valence-corrected chi connectivity index (χ0v) is 13.6. The summed E-state index contributed by atoms with van der Waals surface area (Å²) in [6.07, 6.45) is 5.50. The van der Waals surface area contributed by atoms with Crippen molar-refractivity contribution in [2.24, 2.45) is 5.92 Å². The zero-order valence-electron chi connectivity index (χ0n) is 12.8. The summed E-state index contributed by atoms with van der Waals surface area (Å²) in [5.41, 5.74) is 7.97. The van der Waals surface area contributed by atoms with E-state index in [1.807, 2.05) is 13.8 Å². The SMILES string of the molecule is Cc1cc(N)cc(C)c1S(=O)(=O)N1CCCC2CCCC21. The average molecular weight is 308 g/mol. The maximum Gasteiger partial charge on any atom is 0.243 e. The molecule has 1 saturated heterocycles. The van der Waals surface area contributed by atoms with Gasteiger partial charge >= 0.3 is 0 Å². The maximum absolute atomic E-state index is 13.2. The van der Waals surface area contributed by atoms with Crippen LogP contribution in [-0.2, 0) is 10.0 Å². The molecule has 0 radical (unpaired) electrons. The van der Waals surface area contributed by atoms with Gasteiger partial charge in [0.05, 0.1) is 4.90 Å². The summed E-state index contributed by atoms with van der Waals surface area (Å²) in [6.45, 7) is 4.34. The molecule has 0 spiro atoms. The fourth-order valence-electron chi connectivity index (χ4n) is 4.21. The topological polar surface area (TPSA) is 63.4 Å². The molecule has 4 nitrogen and oxygen atoms in total. The predicted molar refractivity (Wildman–Crippen MR) is 84.6 cm³/mol. The molecule has 0 amide bonds. The van der Waals surface area contributed by atoms with Crippen LogP contribution in [0, 0.1) is 19.8 Å². The Morgan fingerprint density at radius 1 is 1.10 bits per heavy atom. The molecule has 2 aliphatic rings. The van der Waals surface area contributed by atoms with Crippen LogP contribution in [0.3, 0.4) is 0 Å². The van der Waals surface area contributed by atoms with Gasteiger partial charge in [-0.15, -0.1) is 0 Å². The molecule has 1 saturated carbocycles. The van der Waals surface area contributed by atoms with Crippen LogP contribution in [0.5, 0.6) is 0 Å². The Balaban J connectivity index is 2.04. The highest BCUT2D eigenvalue weighted by Crippen LogP contribution is 2.40. The molecule has 5 heteroatoms. The monoisotopic (exact) mass is 308 g/mol. The second kappa shape index (κ2) is 5.29. The summed E-state index contributed by atoms with van der Waals surface area (Å²) in [5.74, 6) is 0.558. The van der Waals surface area contributed by atoms with Gasteiger partial charge in [-0.25, -0.2) is 8.42 Å². The van der Waals surface area contributed by atoms with Crippen LogP contribution >= 0.6 is 0 Å². The van der Waals surface area contributed by atoms with Crippen molar-refractivity contribution in [2.75, 3.05) is 12.3 Å². The van der Waals surface area contributed by atoms with Crippen molar-refractivity contribution in [2.45, 2.75) is 56.9 Å². The van der Waals surface area contributed by atoms with E-state index in [9.17, 15) is 8.42 Å². The second-order valence-corrected chi connectivity index (χ2v) is 8.33. The van der Waals surface area contributed by atoms with Crippen LogP contribution in [0.25, 0.3) is 0 Å². The maximum atomic E-state index is 13.2. The number of sulfonamides is 1. The van der Waals surface area contributed by atoms with Gasteiger partial charge in [-0.3, -0.25) is 0 Å². The van der Waals surface area contributed by atoms with Gasteiger partial charge in [0, 0.05) is 18.3 Å². The highest BCUT2D eigenvalue weighted by atomic mass is 32.2. The molecule has 2 unspecified atom stereocenters. The third-order valence-electron chi connectivity index (χ3n) is 4.99. The highest BCUT2D eigenvalue weighted by Gasteiger charge is 2.42. The lowest BCUT2D eigenvalue weighted by molar-refractivity contribution is 0.202.